The zero-order valence-corrected chi connectivity index (χ0v) is 16.2. The third-order valence-electron chi connectivity index (χ3n) is 5.00. The number of hydrogen-bond donors (Lipinski definition) is 0. The summed E-state index contributed by atoms with van der Waals surface area (Å²) in [6.07, 6.45) is 2.44. The molecule has 1 amide bonds. The highest BCUT2D eigenvalue weighted by atomic mass is 35.5. The largest absolute Gasteiger partial charge is 0.493 e. The predicted molar refractivity (Wildman–Crippen MR) is 103 cm³/mol. The van der Waals surface area contributed by atoms with E-state index in [0.717, 1.165) is 17.5 Å². The summed E-state index contributed by atoms with van der Waals surface area (Å²) in [6.45, 7) is 2.55. The number of fused-ring (bicyclic) bond motifs is 2. The molecule has 3 heterocycles. The van der Waals surface area contributed by atoms with Crippen molar-refractivity contribution < 1.29 is 14.3 Å². The lowest BCUT2D eigenvalue weighted by Gasteiger charge is -2.35. The zero-order valence-electron chi connectivity index (χ0n) is 15.4. The highest BCUT2D eigenvalue weighted by molar-refractivity contribution is 6.30. The van der Waals surface area contributed by atoms with Gasteiger partial charge in [0.05, 0.1) is 24.8 Å². The van der Waals surface area contributed by atoms with Gasteiger partial charge in [0.25, 0.3) is 5.91 Å². The average Bonchev–Trinajstić information content (AvgIpc) is 3.09. The molecule has 27 heavy (non-hydrogen) atoms. The number of amides is 1. The van der Waals surface area contributed by atoms with E-state index in [2.05, 4.69) is 5.10 Å². The van der Waals surface area contributed by atoms with Crippen molar-refractivity contribution >= 4 is 23.0 Å². The van der Waals surface area contributed by atoms with Gasteiger partial charge in [-0.1, -0.05) is 11.6 Å². The molecule has 0 aliphatic carbocycles. The maximum absolute atomic E-state index is 13.1. The van der Waals surface area contributed by atoms with E-state index in [9.17, 15) is 4.79 Å². The molecule has 0 fully saturated rings. The van der Waals surface area contributed by atoms with Crippen molar-refractivity contribution in [1.29, 1.82) is 0 Å². The molecule has 6 nitrogen and oxygen atoms in total. The quantitative estimate of drug-likeness (QED) is 0.691. The molecule has 1 aromatic carbocycles. The molecule has 0 saturated heterocycles. The third-order valence-corrected chi connectivity index (χ3v) is 5.22. The second-order valence-electron chi connectivity index (χ2n) is 6.71. The summed E-state index contributed by atoms with van der Waals surface area (Å²) in [5, 5.41) is 4.97. The topological polar surface area (TPSA) is 56.1 Å². The molecule has 140 valence electrons. The number of halogens is 1. The van der Waals surface area contributed by atoms with E-state index in [1.54, 1.807) is 37.1 Å². The Morgan fingerprint density at radius 1 is 1.15 bits per heavy atom. The summed E-state index contributed by atoms with van der Waals surface area (Å²) in [5.41, 5.74) is 3.48. The molecule has 4 rings (SSSR count). The highest BCUT2D eigenvalue weighted by Crippen LogP contribution is 2.35. The Balaban J connectivity index is 1.66. The SMILES string of the molecule is COc1cc2c(cc1OC)CN(C(=O)c1cc3ccc(Cl)cn3n1)C(C)C2. The smallest absolute Gasteiger partial charge is 0.274 e. The number of methoxy groups -OCH3 is 2. The van der Waals surface area contributed by atoms with Gasteiger partial charge >= 0.3 is 0 Å². The van der Waals surface area contributed by atoms with E-state index in [4.69, 9.17) is 21.1 Å². The average molecular weight is 386 g/mol. The second-order valence-corrected chi connectivity index (χ2v) is 7.14. The summed E-state index contributed by atoms with van der Waals surface area (Å²) in [5.74, 6) is 1.28. The van der Waals surface area contributed by atoms with Crippen LogP contribution in [0.2, 0.25) is 5.02 Å². The summed E-state index contributed by atoms with van der Waals surface area (Å²) in [6, 6.07) is 9.42. The van der Waals surface area contributed by atoms with Gasteiger partial charge in [-0.05, 0) is 54.8 Å². The number of rotatable bonds is 3. The van der Waals surface area contributed by atoms with E-state index in [1.165, 1.54) is 5.56 Å². The van der Waals surface area contributed by atoms with E-state index in [1.807, 2.05) is 30.0 Å². The Morgan fingerprint density at radius 2 is 1.85 bits per heavy atom. The molecule has 0 saturated carbocycles. The van der Waals surface area contributed by atoms with Gasteiger partial charge < -0.3 is 14.4 Å². The van der Waals surface area contributed by atoms with Crippen molar-refractivity contribution in [2.24, 2.45) is 0 Å². The van der Waals surface area contributed by atoms with Crippen LogP contribution < -0.4 is 9.47 Å². The fraction of sp³-hybridized carbons (Fsp3) is 0.300. The first-order chi connectivity index (χ1) is 13.0. The molecule has 3 aromatic rings. The van der Waals surface area contributed by atoms with Crippen molar-refractivity contribution in [3.8, 4) is 11.5 Å². The van der Waals surface area contributed by atoms with Crippen LogP contribution in [0.5, 0.6) is 11.5 Å². The molecule has 0 radical (unpaired) electrons. The Hall–Kier alpha value is -2.73. The lowest BCUT2D eigenvalue weighted by molar-refractivity contribution is 0.0651. The van der Waals surface area contributed by atoms with Gasteiger partial charge in [0, 0.05) is 18.8 Å². The summed E-state index contributed by atoms with van der Waals surface area (Å²) in [4.78, 5) is 15.0. The molecule has 1 aliphatic rings. The van der Waals surface area contributed by atoms with Gasteiger partial charge in [0.15, 0.2) is 17.2 Å². The molecule has 7 heteroatoms. The summed E-state index contributed by atoms with van der Waals surface area (Å²) < 4.78 is 12.4. The minimum Gasteiger partial charge on any atom is -0.493 e. The van der Waals surface area contributed by atoms with Gasteiger partial charge in [-0.25, -0.2) is 4.52 Å². The number of carbonyl (C=O) groups excluding carboxylic acids is 1. The maximum Gasteiger partial charge on any atom is 0.274 e. The van der Waals surface area contributed by atoms with E-state index >= 15 is 0 Å². The zero-order chi connectivity index (χ0) is 19.1. The van der Waals surface area contributed by atoms with E-state index in [-0.39, 0.29) is 11.9 Å². The van der Waals surface area contributed by atoms with Crippen molar-refractivity contribution in [2.75, 3.05) is 14.2 Å². The fourth-order valence-electron chi connectivity index (χ4n) is 3.55. The molecular formula is C20H20ClN3O3. The number of nitrogens with zero attached hydrogens (tertiary/aromatic N) is 3. The Labute approximate surface area is 162 Å². The standard InChI is InChI=1S/C20H20ClN3O3/c1-12-6-13-7-18(26-2)19(27-3)8-14(13)10-23(12)20(25)17-9-16-5-4-15(21)11-24(16)22-17/h4-5,7-9,11-12H,6,10H2,1-3H3. The summed E-state index contributed by atoms with van der Waals surface area (Å²) >= 11 is 6.01. The first-order valence-corrected chi connectivity index (χ1v) is 9.07. The van der Waals surface area contributed by atoms with Crippen molar-refractivity contribution in [1.82, 2.24) is 14.5 Å². The van der Waals surface area contributed by atoms with Crippen LogP contribution in [-0.2, 0) is 13.0 Å². The number of aromatic nitrogens is 2. The number of benzene rings is 1. The van der Waals surface area contributed by atoms with Crippen molar-refractivity contribution in [3.63, 3.8) is 0 Å². The van der Waals surface area contributed by atoms with Crippen LogP contribution in [0.25, 0.3) is 5.52 Å². The summed E-state index contributed by atoms with van der Waals surface area (Å²) in [7, 11) is 3.24. The first kappa shape index (κ1) is 17.7. The fourth-order valence-corrected chi connectivity index (χ4v) is 3.71. The highest BCUT2D eigenvalue weighted by Gasteiger charge is 2.30. The maximum atomic E-state index is 13.1. The van der Waals surface area contributed by atoms with Gasteiger partial charge in [0.2, 0.25) is 0 Å². The van der Waals surface area contributed by atoms with E-state index in [0.29, 0.717) is 28.8 Å². The number of ether oxygens (including phenoxy) is 2. The normalized spacial score (nSPS) is 16.3. The van der Waals surface area contributed by atoms with Gasteiger partial charge in [0.1, 0.15) is 0 Å². The molecule has 1 atom stereocenters. The van der Waals surface area contributed by atoms with Crippen molar-refractivity contribution in [3.05, 3.63) is 58.4 Å². The monoisotopic (exact) mass is 385 g/mol. The van der Waals surface area contributed by atoms with E-state index < -0.39 is 0 Å². The second kappa shape index (κ2) is 6.78. The molecule has 0 spiro atoms. The lowest BCUT2D eigenvalue weighted by atomic mass is 9.94. The van der Waals surface area contributed by atoms with Crippen LogP contribution >= 0.6 is 11.6 Å². The van der Waals surface area contributed by atoms with Crippen LogP contribution in [0.15, 0.2) is 36.5 Å². The Morgan fingerprint density at radius 3 is 2.56 bits per heavy atom. The number of hydrogen-bond acceptors (Lipinski definition) is 4. The number of pyridine rings is 1. The molecule has 0 N–H and O–H groups in total. The molecule has 2 aromatic heterocycles. The predicted octanol–water partition coefficient (Wildman–Crippen LogP) is 3.59. The minimum atomic E-state index is -0.0947. The first-order valence-electron chi connectivity index (χ1n) is 8.70. The number of carbonyl (C=O) groups is 1. The Kier molecular flexibility index (Phi) is 4.44. The molecule has 0 bridgehead atoms. The van der Waals surface area contributed by atoms with Crippen LogP contribution in [0, 0.1) is 0 Å². The van der Waals surface area contributed by atoms with Crippen LogP contribution in [0.1, 0.15) is 28.5 Å². The van der Waals surface area contributed by atoms with Gasteiger partial charge in [-0.15, -0.1) is 0 Å². The van der Waals surface area contributed by atoms with Crippen LogP contribution in [-0.4, -0.2) is 40.7 Å². The van der Waals surface area contributed by atoms with Gasteiger partial charge in [-0.2, -0.15) is 5.10 Å². The van der Waals surface area contributed by atoms with Crippen molar-refractivity contribution in [2.45, 2.75) is 25.9 Å². The van der Waals surface area contributed by atoms with Crippen LogP contribution in [0.3, 0.4) is 0 Å². The molecular weight excluding hydrogens is 366 g/mol. The van der Waals surface area contributed by atoms with Gasteiger partial charge in [-0.3, -0.25) is 4.79 Å². The minimum absolute atomic E-state index is 0.0523. The third kappa shape index (κ3) is 3.10. The lowest BCUT2D eigenvalue weighted by Crippen LogP contribution is -2.42. The molecule has 1 aliphatic heterocycles. The molecule has 1 unspecified atom stereocenters. The van der Waals surface area contributed by atoms with Crippen LogP contribution in [0.4, 0.5) is 0 Å². The Bertz CT molecular complexity index is 1030.